The van der Waals surface area contributed by atoms with Crippen LogP contribution in [0.5, 0.6) is 0 Å². The van der Waals surface area contributed by atoms with Crippen LogP contribution in [0.4, 0.5) is 13.2 Å². The maximum atomic E-state index is 12.6. The lowest BCUT2D eigenvalue weighted by atomic mass is 10.2. The Morgan fingerprint density at radius 1 is 1.33 bits per heavy atom. The molecule has 3 rings (SSSR count). The Morgan fingerprint density at radius 3 is 2.83 bits per heavy atom. The van der Waals surface area contributed by atoms with Crippen LogP contribution in [0.1, 0.15) is 17.0 Å². The molecule has 0 radical (unpaired) electrons. The van der Waals surface area contributed by atoms with Crippen molar-refractivity contribution in [3.05, 3.63) is 23.1 Å². The van der Waals surface area contributed by atoms with Crippen molar-refractivity contribution in [2.75, 3.05) is 6.54 Å². The van der Waals surface area contributed by atoms with Crippen LogP contribution in [-0.4, -0.2) is 27.3 Å². The zero-order chi connectivity index (χ0) is 12.9. The predicted octanol–water partition coefficient (Wildman–Crippen LogP) is 2.19. The number of rotatable bonds is 0. The summed E-state index contributed by atoms with van der Waals surface area (Å²) in [7, 11) is 0. The minimum absolute atomic E-state index is 0.299. The number of hydrogen-bond donors (Lipinski definition) is 0. The minimum atomic E-state index is -4.47. The van der Waals surface area contributed by atoms with E-state index in [1.165, 1.54) is 0 Å². The fourth-order valence-electron chi connectivity index (χ4n) is 2.11. The van der Waals surface area contributed by atoms with E-state index in [0.29, 0.717) is 29.8 Å². The lowest BCUT2D eigenvalue weighted by Gasteiger charge is -2.10. The van der Waals surface area contributed by atoms with Crippen molar-refractivity contribution in [3.8, 4) is 0 Å². The van der Waals surface area contributed by atoms with Gasteiger partial charge in [-0.15, -0.1) is 0 Å². The number of hydrogen-bond acceptors (Lipinski definition) is 3. The van der Waals surface area contributed by atoms with Crippen LogP contribution in [0.25, 0.3) is 11.2 Å². The van der Waals surface area contributed by atoms with E-state index >= 15 is 0 Å². The van der Waals surface area contributed by atoms with Crippen molar-refractivity contribution in [1.29, 1.82) is 0 Å². The molecule has 2 aromatic rings. The highest BCUT2D eigenvalue weighted by atomic mass is 19.4. The standard InChI is InChI=1S/C11H9F3N4/c1-6-7-4-15-2-3-18(7)10-9(6)17-8(5-16-10)11(12,13)14/h4-5H,2-3H2,1H3. The van der Waals surface area contributed by atoms with E-state index in [4.69, 9.17) is 0 Å². The molecule has 0 bridgehead atoms. The van der Waals surface area contributed by atoms with E-state index < -0.39 is 11.9 Å². The molecule has 0 fully saturated rings. The maximum Gasteiger partial charge on any atom is 0.434 e. The maximum absolute atomic E-state index is 12.6. The number of aliphatic imine (C=N–C) groups is 1. The summed E-state index contributed by atoms with van der Waals surface area (Å²) >= 11 is 0. The third-order valence-electron chi connectivity index (χ3n) is 3.00. The Labute approximate surface area is 100 Å². The van der Waals surface area contributed by atoms with Crippen molar-refractivity contribution in [2.24, 2.45) is 4.99 Å². The lowest BCUT2D eigenvalue weighted by molar-refractivity contribution is -0.141. The Hall–Kier alpha value is -1.92. The molecular weight excluding hydrogens is 245 g/mol. The van der Waals surface area contributed by atoms with Crippen molar-refractivity contribution in [3.63, 3.8) is 0 Å². The van der Waals surface area contributed by atoms with Crippen molar-refractivity contribution in [2.45, 2.75) is 19.6 Å². The average molecular weight is 254 g/mol. The Kier molecular flexibility index (Phi) is 2.20. The predicted molar refractivity (Wildman–Crippen MR) is 59.7 cm³/mol. The first kappa shape index (κ1) is 11.2. The third kappa shape index (κ3) is 1.50. The van der Waals surface area contributed by atoms with Crippen LogP contribution in [0, 0.1) is 6.92 Å². The first-order valence-electron chi connectivity index (χ1n) is 5.41. The van der Waals surface area contributed by atoms with Crippen molar-refractivity contribution < 1.29 is 13.2 Å². The molecule has 1 aliphatic heterocycles. The first-order valence-corrected chi connectivity index (χ1v) is 5.41. The summed E-state index contributed by atoms with van der Waals surface area (Å²) in [5, 5.41) is 0. The summed E-state index contributed by atoms with van der Waals surface area (Å²) in [4.78, 5) is 11.7. The zero-order valence-corrected chi connectivity index (χ0v) is 9.49. The van der Waals surface area contributed by atoms with Gasteiger partial charge in [-0.3, -0.25) is 4.99 Å². The highest BCUT2D eigenvalue weighted by Crippen LogP contribution is 2.30. The van der Waals surface area contributed by atoms with Crippen LogP contribution >= 0.6 is 0 Å². The van der Waals surface area contributed by atoms with Crippen LogP contribution in [0.15, 0.2) is 11.2 Å². The largest absolute Gasteiger partial charge is 0.434 e. The van der Waals surface area contributed by atoms with Gasteiger partial charge < -0.3 is 4.57 Å². The zero-order valence-electron chi connectivity index (χ0n) is 9.49. The molecule has 0 spiro atoms. The number of aryl methyl sites for hydroxylation is 1. The molecule has 1 aliphatic rings. The van der Waals surface area contributed by atoms with Crippen LogP contribution in [0.2, 0.25) is 0 Å². The van der Waals surface area contributed by atoms with Gasteiger partial charge in [-0.2, -0.15) is 13.2 Å². The summed E-state index contributed by atoms with van der Waals surface area (Å²) in [6, 6.07) is 0. The molecule has 0 saturated heterocycles. The first-order chi connectivity index (χ1) is 8.48. The van der Waals surface area contributed by atoms with Gasteiger partial charge >= 0.3 is 6.18 Å². The van der Waals surface area contributed by atoms with Crippen LogP contribution in [0.3, 0.4) is 0 Å². The summed E-state index contributed by atoms with van der Waals surface area (Å²) in [5.74, 6) is 0. The number of nitrogens with zero attached hydrogens (tertiary/aromatic N) is 4. The molecular formula is C11H9F3N4. The molecule has 0 amide bonds. The third-order valence-corrected chi connectivity index (χ3v) is 3.00. The number of aromatic nitrogens is 3. The molecule has 0 aromatic carbocycles. The highest BCUT2D eigenvalue weighted by molar-refractivity contribution is 5.91. The summed E-state index contributed by atoms with van der Waals surface area (Å²) < 4.78 is 39.6. The highest BCUT2D eigenvalue weighted by Gasteiger charge is 2.34. The second-order valence-electron chi connectivity index (χ2n) is 4.12. The van der Waals surface area contributed by atoms with Gasteiger partial charge in [0, 0.05) is 18.3 Å². The molecule has 4 nitrogen and oxygen atoms in total. The van der Waals surface area contributed by atoms with E-state index in [1.54, 1.807) is 13.1 Å². The fraction of sp³-hybridized carbons (Fsp3) is 0.364. The Balaban J connectivity index is 2.30. The quantitative estimate of drug-likeness (QED) is 0.723. The molecule has 18 heavy (non-hydrogen) atoms. The minimum Gasteiger partial charge on any atom is -0.321 e. The molecule has 7 heteroatoms. The lowest BCUT2D eigenvalue weighted by Crippen LogP contribution is -2.12. The van der Waals surface area contributed by atoms with Gasteiger partial charge in [0.2, 0.25) is 0 Å². The summed E-state index contributed by atoms with van der Waals surface area (Å²) in [5.41, 5.74) is 1.30. The van der Waals surface area contributed by atoms with Crippen molar-refractivity contribution >= 4 is 17.4 Å². The molecule has 3 heterocycles. The smallest absolute Gasteiger partial charge is 0.321 e. The van der Waals surface area contributed by atoms with Gasteiger partial charge in [-0.1, -0.05) is 0 Å². The monoisotopic (exact) mass is 254 g/mol. The van der Waals surface area contributed by atoms with E-state index in [1.807, 2.05) is 4.57 Å². The topological polar surface area (TPSA) is 43.1 Å². The SMILES string of the molecule is Cc1c2n(c3ncc(C(F)(F)F)nc13)CCN=C2. The normalized spacial score (nSPS) is 15.1. The number of alkyl halides is 3. The molecule has 0 atom stereocenters. The van der Waals surface area contributed by atoms with E-state index in [-0.39, 0.29) is 0 Å². The van der Waals surface area contributed by atoms with Gasteiger partial charge in [0.1, 0.15) is 5.52 Å². The summed E-state index contributed by atoms with van der Waals surface area (Å²) in [6.07, 6.45) is -2.03. The molecule has 0 saturated carbocycles. The van der Waals surface area contributed by atoms with Gasteiger partial charge in [0.25, 0.3) is 0 Å². The summed E-state index contributed by atoms with van der Waals surface area (Å²) in [6.45, 7) is 2.97. The molecule has 0 aliphatic carbocycles. The molecule has 2 aromatic heterocycles. The Bertz CT molecular complexity index is 654. The van der Waals surface area contributed by atoms with E-state index in [9.17, 15) is 13.2 Å². The van der Waals surface area contributed by atoms with Gasteiger partial charge in [0.15, 0.2) is 11.3 Å². The van der Waals surface area contributed by atoms with E-state index in [0.717, 1.165) is 11.9 Å². The van der Waals surface area contributed by atoms with Crippen LogP contribution < -0.4 is 0 Å². The van der Waals surface area contributed by atoms with Crippen molar-refractivity contribution in [1.82, 2.24) is 14.5 Å². The molecule has 0 unspecified atom stereocenters. The van der Waals surface area contributed by atoms with E-state index in [2.05, 4.69) is 15.0 Å². The van der Waals surface area contributed by atoms with Gasteiger partial charge in [0.05, 0.1) is 18.4 Å². The van der Waals surface area contributed by atoms with Gasteiger partial charge in [-0.25, -0.2) is 9.97 Å². The average Bonchev–Trinajstić information content (AvgIpc) is 2.63. The molecule has 0 N–H and O–H groups in total. The Morgan fingerprint density at radius 2 is 2.11 bits per heavy atom. The van der Waals surface area contributed by atoms with Crippen LogP contribution in [-0.2, 0) is 12.7 Å². The second kappa shape index (κ2) is 3.54. The molecule has 94 valence electrons. The van der Waals surface area contributed by atoms with Gasteiger partial charge in [-0.05, 0) is 6.92 Å². The second-order valence-corrected chi connectivity index (χ2v) is 4.12. The number of fused-ring (bicyclic) bond motifs is 3. The fourth-order valence-corrected chi connectivity index (χ4v) is 2.11. The number of halogens is 3.